The van der Waals surface area contributed by atoms with Gasteiger partial charge in [-0.15, -0.1) is 11.3 Å². The first kappa shape index (κ1) is 17.2. The third-order valence-electron chi connectivity index (χ3n) is 5.25. The summed E-state index contributed by atoms with van der Waals surface area (Å²) in [4.78, 5) is 22.8. The SMILES string of the molecule is CC1CCc2c(sc3nc(-c4cccc(Oc5ccccc5)c4)[nH]c(=O)c23)C1. The topological polar surface area (TPSA) is 55.0 Å². The van der Waals surface area contributed by atoms with Gasteiger partial charge in [0.15, 0.2) is 0 Å². The molecule has 0 radical (unpaired) electrons. The Kier molecular flexibility index (Phi) is 4.24. The minimum Gasteiger partial charge on any atom is -0.457 e. The van der Waals surface area contributed by atoms with Crippen molar-refractivity contribution >= 4 is 21.6 Å². The maximum absolute atomic E-state index is 12.8. The summed E-state index contributed by atoms with van der Waals surface area (Å²) in [6, 6.07) is 17.3. The number of ether oxygens (including phenoxy) is 1. The molecule has 28 heavy (non-hydrogen) atoms. The van der Waals surface area contributed by atoms with Gasteiger partial charge in [0.05, 0.1) is 5.39 Å². The molecule has 0 amide bonds. The molecule has 0 aliphatic heterocycles. The third-order valence-corrected chi connectivity index (χ3v) is 6.40. The number of nitrogens with zero attached hydrogens (tertiary/aromatic N) is 1. The van der Waals surface area contributed by atoms with Gasteiger partial charge in [-0.1, -0.05) is 37.3 Å². The molecule has 4 aromatic rings. The summed E-state index contributed by atoms with van der Waals surface area (Å²) in [5.74, 6) is 2.75. The van der Waals surface area contributed by atoms with E-state index in [4.69, 9.17) is 9.72 Å². The van der Waals surface area contributed by atoms with Gasteiger partial charge >= 0.3 is 0 Å². The number of H-pyrrole nitrogens is 1. The largest absolute Gasteiger partial charge is 0.457 e. The molecule has 0 saturated heterocycles. The molecule has 1 unspecified atom stereocenters. The normalized spacial score (nSPS) is 16.1. The number of thiophene rings is 1. The van der Waals surface area contributed by atoms with E-state index in [9.17, 15) is 4.79 Å². The van der Waals surface area contributed by atoms with Crippen molar-refractivity contribution in [2.24, 2.45) is 5.92 Å². The van der Waals surface area contributed by atoms with E-state index >= 15 is 0 Å². The van der Waals surface area contributed by atoms with Crippen LogP contribution in [0.25, 0.3) is 21.6 Å². The number of hydrogen-bond donors (Lipinski definition) is 1. The van der Waals surface area contributed by atoms with Crippen LogP contribution in [-0.2, 0) is 12.8 Å². The van der Waals surface area contributed by atoms with Crippen molar-refractivity contribution in [3.63, 3.8) is 0 Å². The first-order valence-corrected chi connectivity index (χ1v) is 10.4. The monoisotopic (exact) mass is 388 g/mol. The van der Waals surface area contributed by atoms with E-state index in [1.807, 2.05) is 54.6 Å². The standard InChI is InChI=1S/C23H20N2O2S/c1-14-10-11-18-19(12-14)28-23-20(18)22(26)24-21(25-23)15-6-5-9-17(13-15)27-16-7-3-2-4-8-16/h2-9,13-14H,10-12H2,1H3,(H,24,25,26). The maximum atomic E-state index is 12.8. The highest BCUT2D eigenvalue weighted by Gasteiger charge is 2.23. The zero-order chi connectivity index (χ0) is 19.1. The van der Waals surface area contributed by atoms with Gasteiger partial charge in [0.2, 0.25) is 0 Å². The lowest BCUT2D eigenvalue weighted by molar-refractivity contribution is 0.483. The Morgan fingerprint density at radius 3 is 2.79 bits per heavy atom. The van der Waals surface area contributed by atoms with E-state index in [2.05, 4.69) is 11.9 Å². The van der Waals surface area contributed by atoms with Crippen molar-refractivity contribution in [3.8, 4) is 22.9 Å². The van der Waals surface area contributed by atoms with Crippen LogP contribution in [0.15, 0.2) is 59.4 Å². The first-order valence-electron chi connectivity index (χ1n) is 9.55. The Hall–Kier alpha value is -2.92. The highest BCUT2D eigenvalue weighted by Crippen LogP contribution is 2.36. The van der Waals surface area contributed by atoms with Crippen LogP contribution in [0.2, 0.25) is 0 Å². The summed E-state index contributed by atoms with van der Waals surface area (Å²) in [6.07, 6.45) is 3.16. The van der Waals surface area contributed by atoms with E-state index in [0.29, 0.717) is 17.5 Å². The van der Waals surface area contributed by atoms with Crippen LogP contribution in [-0.4, -0.2) is 9.97 Å². The zero-order valence-corrected chi connectivity index (χ0v) is 16.4. The van der Waals surface area contributed by atoms with Crippen LogP contribution < -0.4 is 10.3 Å². The molecule has 5 rings (SSSR count). The van der Waals surface area contributed by atoms with Crippen molar-refractivity contribution in [2.45, 2.75) is 26.2 Å². The quantitative estimate of drug-likeness (QED) is 0.499. The lowest BCUT2D eigenvalue weighted by atomic mass is 9.89. The number of hydrogen-bond acceptors (Lipinski definition) is 4. The van der Waals surface area contributed by atoms with Gasteiger partial charge in [0.25, 0.3) is 5.56 Å². The number of nitrogens with one attached hydrogen (secondary N) is 1. The van der Waals surface area contributed by atoms with Crippen molar-refractivity contribution < 1.29 is 4.74 Å². The van der Waals surface area contributed by atoms with Crippen molar-refractivity contribution in [3.05, 3.63) is 75.4 Å². The van der Waals surface area contributed by atoms with Gasteiger partial charge in [0, 0.05) is 10.4 Å². The Morgan fingerprint density at radius 1 is 1.11 bits per heavy atom. The Morgan fingerprint density at radius 2 is 1.93 bits per heavy atom. The number of rotatable bonds is 3. The van der Waals surface area contributed by atoms with Crippen LogP contribution in [0, 0.1) is 5.92 Å². The molecule has 4 nitrogen and oxygen atoms in total. The fraction of sp³-hybridized carbons (Fsp3) is 0.217. The van der Waals surface area contributed by atoms with Gasteiger partial charge in [-0.2, -0.15) is 0 Å². The average Bonchev–Trinajstić information content (AvgIpc) is 3.07. The van der Waals surface area contributed by atoms with Crippen LogP contribution in [0.5, 0.6) is 11.5 Å². The minimum atomic E-state index is -0.0403. The molecule has 0 fully saturated rings. The molecule has 0 saturated carbocycles. The van der Waals surface area contributed by atoms with Crippen LogP contribution in [0.1, 0.15) is 23.8 Å². The maximum Gasteiger partial charge on any atom is 0.260 e. The lowest BCUT2D eigenvalue weighted by Gasteiger charge is -2.17. The molecule has 140 valence electrons. The molecule has 0 bridgehead atoms. The second-order valence-corrected chi connectivity index (χ2v) is 8.47. The van der Waals surface area contributed by atoms with Crippen LogP contribution in [0.3, 0.4) is 0 Å². The number of para-hydroxylation sites is 1. The van der Waals surface area contributed by atoms with E-state index in [1.54, 1.807) is 11.3 Å². The number of aryl methyl sites for hydroxylation is 1. The summed E-state index contributed by atoms with van der Waals surface area (Å²) in [6.45, 7) is 2.27. The van der Waals surface area contributed by atoms with Gasteiger partial charge in [-0.05, 0) is 55.0 Å². The van der Waals surface area contributed by atoms with Gasteiger partial charge in [-0.3, -0.25) is 4.79 Å². The molecule has 2 aromatic carbocycles. The predicted octanol–water partition coefficient (Wildman–Crippen LogP) is 5.57. The summed E-state index contributed by atoms with van der Waals surface area (Å²) >= 11 is 1.67. The minimum absolute atomic E-state index is 0.0403. The Labute approximate surface area is 166 Å². The number of fused-ring (bicyclic) bond motifs is 3. The third kappa shape index (κ3) is 3.12. The second-order valence-electron chi connectivity index (χ2n) is 7.39. The number of aromatic nitrogens is 2. The van der Waals surface area contributed by atoms with Crippen LogP contribution >= 0.6 is 11.3 Å². The smallest absolute Gasteiger partial charge is 0.260 e. The number of aromatic amines is 1. The van der Waals surface area contributed by atoms with E-state index in [1.165, 1.54) is 10.4 Å². The molecule has 1 N–H and O–H groups in total. The van der Waals surface area contributed by atoms with Gasteiger partial charge in [0.1, 0.15) is 22.2 Å². The van der Waals surface area contributed by atoms with E-state index in [0.717, 1.165) is 40.8 Å². The molecule has 5 heteroatoms. The molecule has 2 aromatic heterocycles. The number of benzene rings is 2. The fourth-order valence-electron chi connectivity index (χ4n) is 3.82. The van der Waals surface area contributed by atoms with Crippen molar-refractivity contribution in [1.29, 1.82) is 0 Å². The first-order chi connectivity index (χ1) is 13.7. The van der Waals surface area contributed by atoms with Gasteiger partial charge in [-0.25, -0.2) is 4.98 Å². The Balaban J connectivity index is 1.55. The van der Waals surface area contributed by atoms with Crippen molar-refractivity contribution in [2.75, 3.05) is 0 Å². The lowest BCUT2D eigenvalue weighted by Crippen LogP contribution is -2.13. The Bertz CT molecular complexity index is 1210. The van der Waals surface area contributed by atoms with E-state index in [-0.39, 0.29) is 5.56 Å². The molecule has 2 heterocycles. The molecular formula is C23H20N2O2S. The highest BCUT2D eigenvalue weighted by atomic mass is 32.1. The molecule has 0 spiro atoms. The fourth-order valence-corrected chi connectivity index (χ4v) is 5.20. The molecule has 1 aliphatic rings. The molecule has 1 atom stereocenters. The second kappa shape index (κ2) is 6.91. The molecule has 1 aliphatic carbocycles. The predicted molar refractivity (Wildman–Crippen MR) is 113 cm³/mol. The zero-order valence-electron chi connectivity index (χ0n) is 15.6. The van der Waals surface area contributed by atoms with E-state index < -0.39 is 0 Å². The van der Waals surface area contributed by atoms with Crippen molar-refractivity contribution in [1.82, 2.24) is 9.97 Å². The average molecular weight is 388 g/mol. The highest BCUT2D eigenvalue weighted by molar-refractivity contribution is 7.18. The van der Waals surface area contributed by atoms with Gasteiger partial charge < -0.3 is 9.72 Å². The summed E-state index contributed by atoms with van der Waals surface area (Å²) < 4.78 is 5.92. The summed E-state index contributed by atoms with van der Waals surface area (Å²) in [5.41, 5.74) is 2.01. The summed E-state index contributed by atoms with van der Waals surface area (Å²) in [7, 11) is 0. The molecular weight excluding hydrogens is 368 g/mol. The van der Waals surface area contributed by atoms with Crippen LogP contribution in [0.4, 0.5) is 0 Å². The summed E-state index contributed by atoms with van der Waals surface area (Å²) in [5, 5.41) is 0.785.